The highest BCUT2D eigenvalue weighted by atomic mass is 32.2. The van der Waals surface area contributed by atoms with Gasteiger partial charge in [0.15, 0.2) is 0 Å². The molecule has 0 saturated heterocycles. The van der Waals surface area contributed by atoms with Crippen LogP contribution in [0.5, 0.6) is 0 Å². The predicted molar refractivity (Wildman–Crippen MR) is 83.8 cm³/mol. The molecule has 3 N–H and O–H groups in total. The molecule has 1 heterocycles. The van der Waals surface area contributed by atoms with E-state index in [9.17, 15) is 22.4 Å². The van der Waals surface area contributed by atoms with E-state index in [-0.39, 0.29) is 22.7 Å². The van der Waals surface area contributed by atoms with E-state index in [0.29, 0.717) is 9.87 Å². The number of nitrogens with zero attached hydrogens (tertiary/aromatic N) is 1. The fourth-order valence-electron chi connectivity index (χ4n) is 2.37. The van der Waals surface area contributed by atoms with Gasteiger partial charge >= 0.3 is 6.03 Å². The molecule has 130 valence electrons. The highest BCUT2D eigenvalue weighted by Gasteiger charge is 2.36. The summed E-state index contributed by atoms with van der Waals surface area (Å²) in [5.41, 5.74) is 2.07. The van der Waals surface area contributed by atoms with E-state index in [1.807, 2.05) is 0 Å². The summed E-state index contributed by atoms with van der Waals surface area (Å²) >= 11 is 0. The van der Waals surface area contributed by atoms with Crippen LogP contribution in [-0.4, -0.2) is 29.9 Å². The lowest BCUT2D eigenvalue weighted by Gasteiger charge is -2.28. The maximum atomic E-state index is 13.4. The second-order valence-corrected chi connectivity index (χ2v) is 7.05. The summed E-state index contributed by atoms with van der Waals surface area (Å²) < 4.78 is 39.2. The number of fused-ring (bicyclic) bond motifs is 1. The van der Waals surface area contributed by atoms with Gasteiger partial charge in [-0.2, -0.15) is 0 Å². The zero-order valence-corrected chi connectivity index (χ0v) is 13.4. The Hall–Kier alpha value is -2.98. The van der Waals surface area contributed by atoms with E-state index in [4.69, 9.17) is 5.21 Å². The SMILES string of the molecule is O=C(NO)c1ccc(CN2C(=O)Nc3ccc(F)cc3S2(=O)=O)cc1. The Morgan fingerprint density at radius 3 is 2.52 bits per heavy atom. The summed E-state index contributed by atoms with van der Waals surface area (Å²) in [5.74, 6) is -1.46. The molecule has 2 aromatic rings. The van der Waals surface area contributed by atoms with Crippen LogP contribution in [0.25, 0.3) is 0 Å². The molecule has 0 atom stereocenters. The maximum Gasteiger partial charge on any atom is 0.336 e. The molecule has 0 bridgehead atoms. The molecule has 3 amide bonds. The number of anilines is 1. The standard InChI is InChI=1S/C15H12FN3O5S/c16-11-5-6-12-13(7-11)25(23,24)19(15(21)17-12)8-9-1-3-10(4-2-9)14(20)18-22/h1-7,22H,8H2,(H,17,21)(H,18,20). The molecular weight excluding hydrogens is 353 g/mol. The minimum Gasteiger partial charge on any atom is -0.306 e. The number of urea groups is 1. The predicted octanol–water partition coefficient (Wildman–Crippen LogP) is 1.68. The first-order chi connectivity index (χ1) is 11.8. The Balaban J connectivity index is 1.92. The number of carbonyl (C=O) groups excluding carboxylic acids is 2. The van der Waals surface area contributed by atoms with Crippen molar-refractivity contribution in [2.75, 3.05) is 5.32 Å². The molecule has 8 nitrogen and oxygen atoms in total. The number of sulfonamides is 1. The van der Waals surface area contributed by atoms with Crippen LogP contribution in [0, 0.1) is 5.82 Å². The van der Waals surface area contributed by atoms with Crippen molar-refractivity contribution < 1.29 is 27.6 Å². The molecule has 1 aliphatic heterocycles. The Morgan fingerprint density at radius 1 is 1.20 bits per heavy atom. The van der Waals surface area contributed by atoms with Gasteiger partial charge in [0.05, 0.1) is 12.2 Å². The Labute approximate surface area is 141 Å². The lowest BCUT2D eigenvalue weighted by molar-refractivity contribution is 0.0706. The molecule has 10 heteroatoms. The van der Waals surface area contributed by atoms with Crippen LogP contribution in [0.1, 0.15) is 15.9 Å². The van der Waals surface area contributed by atoms with Gasteiger partial charge in [0.2, 0.25) is 0 Å². The number of hydrogen-bond donors (Lipinski definition) is 3. The molecular formula is C15H12FN3O5S. The Morgan fingerprint density at radius 2 is 1.88 bits per heavy atom. The van der Waals surface area contributed by atoms with Gasteiger partial charge in [0, 0.05) is 5.56 Å². The quantitative estimate of drug-likeness (QED) is 0.565. The van der Waals surface area contributed by atoms with Gasteiger partial charge in [-0.1, -0.05) is 12.1 Å². The molecule has 0 aromatic heterocycles. The molecule has 25 heavy (non-hydrogen) atoms. The van der Waals surface area contributed by atoms with Crippen molar-refractivity contribution in [1.29, 1.82) is 0 Å². The largest absolute Gasteiger partial charge is 0.336 e. The summed E-state index contributed by atoms with van der Waals surface area (Å²) in [6, 6.07) is 7.81. The van der Waals surface area contributed by atoms with Crippen molar-refractivity contribution in [3.8, 4) is 0 Å². The van der Waals surface area contributed by atoms with E-state index in [1.54, 1.807) is 0 Å². The van der Waals surface area contributed by atoms with Gasteiger partial charge in [-0.15, -0.1) is 0 Å². The number of hydroxylamine groups is 1. The normalized spacial score (nSPS) is 15.3. The van der Waals surface area contributed by atoms with Crippen LogP contribution in [-0.2, 0) is 16.6 Å². The van der Waals surface area contributed by atoms with Gasteiger partial charge < -0.3 is 5.32 Å². The first kappa shape index (κ1) is 16.9. The zero-order chi connectivity index (χ0) is 18.2. The summed E-state index contributed by atoms with van der Waals surface area (Å²) in [6.07, 6.45) is 0. The fraction of sp³-hybridized carbons (Fsp3) is 0.0667. The maximum absolute atomic E-state index is 13.4. The molecule has 0 radical (unpaired) electrons. The molecule has 2 aromatic carbocycles. The molecule has 0 fully saturated rings. The Bertz CT molecular complexity index is 960. The van der Waals surface area contributed by atoms with Crippen molar-refractivity contribution in [2.45, 2.75) is 11.4 Å². The number of hydrogen-bond acceptors (Lipinski definition) is 5. The van der Waals surface area contributed by atoms with Crippen molar-refractivity contribution in [1.82, 2.24) is 9.79 Å². The zero-order valence-electron chi connectivity index (χ0n) is 12.6. The van der Waals surface area contributed by atoms with Crippen molar-refractivity contribution in [3.63, 3.8) is 0 Å². The van der Waals surface area contributed by atoms with Crippen LogP contribution in [0.2, 0.25) is 0 Å². The number of amides is 3. The third-order valence-electron chi connectivity index (χ3n) is 3.62. The topological polar surface area (TPSA) is 116 Å². The van der Waals surface area contributed by atoms with E-state index in [0.717, 1.165) is 12.1 Å². The van der Waals surface area contributed by atoms with Crippen molar-refractivity contribution >= 4 is 27.6 Å². The second kappa shape index (κ2) is 6.15. The average Bonchev–Trinajstić information content (AvgIpc) is 2.59. The fourth-order valence-corrected chi connectivity index (χ4v) is 3.85. The van der Waals surface area contributed by atoms with Gasteiger partial charge in [-0.3, -0.25) is 10.0 Å². The van der Waals surface area contributed by atoms with Crippen LogP contribution in [0.3, 0.4) is 0 Å². The van der Waals surface area contributed by atoms with Gasteiger partial charge in [-0.25, -0.2) is 27.4 Å². The summed E-state index contributed by atoms with van der Waals surface area (Å²) in [5, 5.41) is 11.0. The first-order valence-electron chi connectivity index (χ1n) is 6.99. The van der Waals surface area contributed by atoms with E-state index in [1.165, 1.54) is 35.8 Å². The number of halogens is 1. The van der Waals surface area contributed by atoms with Gasteiger partial charge in [0.1, 0.15) is 10.7 Å². The van der Waals surface area contributed by atoms with Crippen LogP contribution >= 0.6 is 0 Å². The smallest absolute Gasteiger partial charge is 0.306 e. The molecule has 0 spiro atoms. The number of rotatable bonds is 3. The molecule has 0 aliphatic carbocycles. The second-order valence-electron chi connectivity index (χ2n) is 5.22. The van der Waals surface area contributed by atoms with Crippen molar-refractivity contribution in [3.05, 3.63) is 59.4 Å². The van der Waals surface area contributed by atoms with Crippen LogP contribution in [0.4, 0.5) is 14.9 Å². The molecule has 0 saturated carbocycles. The lowest BCUT2D eigenvalue weighted by Crippen LogP contribution is -2.43. The Kier molecular flexibility index (Phi) is 4.15. The lowest BCUT2D eigenvalue weighted by atomic mass is 10.1. The molecule has 1 aliphatic rings. The average molecular weight is 365 g/mol. The van der Waals surface area contributed by atoms with E-state index < -0.39 is 27.8 Å². The molecule has 0 unspecified atom stereocenters. The minimum absolute atomic E-state index is 0.0117. The van der Waals surface area contributed by atoms with Gasteiger partial charge in [0.25, 0.3) is 15.9 Å². The number of nitrogens with one attached hydrogen (secondary N) is 2. The van der Waals surface area contributed by atoms with E-state index in [2.05, 4.69) is 5.32 Å². The highest BCUT2D eigenvalue weighted by molar-refractivity contribution is 7.90. The number of carbonyl (C=O) groups is 2. The van der Waals surface area contributed by atoms with Crippen LogP contribution in [0.15, 0.2) is 47.4 Å². The number of benzene rings is 2. The third kappa shape index (κ3) is 3.04. The summed E-state index contributed by atoms with van der Waals surface area (Å²) in [6.45, 7) is -0.300. The summed E-state index contributed by atoms with van der Waals surface area (Å²) in [4.78, 5) is 23.1. The monoisotopic (exact) mass is 365 g/mol. The highest BCUT2D eigenvalue weighted by Crippen LogP contribution is 2.31. The van der Waals surface area contributed by atoms with Gasteiger partial charge in [-0.05, 0) is 35.9 Å². The van der Waals surface area contributed by atoms with Crippen LogP contribution < -0.4 is 10.8 Å². The molecule has 3 rings (SSSR count). The first-order valence-corrected chi connectivity index (χ1v) is 8.43. The summed E-state index contributed by atoms with van der Waals surface area (Å²) in [7, 11) is -4.22. The minimum atomic E-state index is -4.22. The third-order valence-corrected chi connectivity index (χ3v) is 5.39. The van der Waals surface area contributed by atoms with Crippen molar-refractivity contribution in [2.24, 2.45) is 0 Å². The van der Waals surface area contributed by atoms with E-state index >= 15 is 0 Å².